The van der Waals surface area contributed by atoms with E-state index in [0.717, 1.165) is 22.2 Å². The highest BCUT2D eigenvalue weighted by Crippen LogP contribution is 2.24. The molecule has 0 saturated carbocycles. The molecule has 0 radical (unpaired) electrons. The van der Waals surface area contributed by atoms with E-state index in [1.54, 1.807) is 18.3 Å². The molecule has 1 heterocycles. The number of hydrazone groups is 1. The van der Waals surface area contributed by atoms with Gasteiger partial charge in [0.1, 0.15) is 12.4 Å². The van der Waals surface area contributed by atoms with Crippen LogP contribution in [-0.2, 0) is 11.4 Å². The number of halogens is 2. The van der Waals surface area contributed by atoms with Gasteiger partial charge in [-0.15, -0.1) is 0 Å². The minimum Gasteiger partial charge on any atom is -0.488 e. The molecule has 162 valence electrons. The lowest BCUT2D eigenvalue weighted by Gasteiger charge is -2.10. The molecule has 0 aliphatic rings. The Morgan fingerprint density at radius 1 is 1.12 bits per heavy atom. The summed E-state index contributed by atoms with van der Waals surface area (Å²) in [4.78, 5) is 19.7. The average molecular weight is 485 g/mol. The molecule has 0 fully saturated rings. The maximum Gasteiger partial charge on any atom is 0.250 e. The second-order valence-electron chi connectivity index (χ2n) is 6.70. The number of aromatic amines is 1. The average Bonchev–Trinajstić information content (AvgIpc) is 3.21. The van der Waals surface area contributed by atoms with Gasteiger partial charge < -0.3 is 9.72 Å². The lowest BCUT2D eigenvalue weighted by molar-refractivity contribution is -0.118. The minimum absolute atomic E-state index is 0.185. The van der Waals surface area contributed by atoms with Crippen LogP contribution in [0.2, 0.25) is 10.0 Å². The van der Waals surface area contributed by atoms with E-state index in [1.165, 1.54) is 11.8 Å². The third kappa shape index (κ3) is 5.82. The van der Waals surface area contributed by atoms with Crippen LogP contribution in [0.25, 0.3) is 11.0 Å². The van der Waals surface area contributed by atoms with Crippen LogP contribution in [0.1, 0.15) is 11.1 Å². The number of H-pyrrole nitrogens is 1. The van der Waals surface area contributed by atoms with Crippen molar-refractivity contribution in [2.75, 3.05) is 5.75 Å². The Balaban J connectivity index is 1.31. The van der Waals surface area contributed by atoms with E-state index >= 15 is 0 Å². The zero-order valence-corrected chi connectivity index (χ0v) is 19.0. The summed E-state index contributed by atoms with van der Waals surface area (Å²) in [5, 5.41) is 5.84. The molecule has 9 heteroatoms. The summed E-state index contributed by atoms with van der Waals surface area (Å²) in [6.07, 6.45) is 1.54. The number of ether oxygens (including phenoxy) is 1. The van der Waals surface area contributed by atoms with Gasteiger partial charge in [-0.1, -0.05) is 65.3 Å². The molecule has 6 nitrogen and oxygen atoms in total. The van der Waals surface area contributed by atoms with Crippen LogP contribution in [-0.4, -0.2) is 27.8 Å². The highest BCUT2D eigenvalue weighted by atomic mass is 35.5. The van der Waals surface area contributed by atoms with E-state index in [0.29, 0.717) is 21.0 Å². The van der Waals surface area contributed by atoms with Gasteiger partial charge in [-0.2, -0.15) is 5.10 Å². The smallest absolute Gasteiger partial charge is 0.250 e. The van der Waals surface area contributed by atoms with Crippen molar-refractivity contribution in [3.05, 3.63) is 87.9 Å². The molecule has 0 aliphatic carbocycles. The standard InChI is InChI=1S/C23H18Cl2N4O2S/c24-17-10-9-16(18(25)11-17)13-31-21-8-4-1-5-15(21)12-26-29-22(30)14-32-23-27-19-6-2-3-7-20(19)28-23/h1-12H,13-14H2,(H,27,28)(H,29,30)/b26-12+. The maximum atomic E-state index is 12.1. The van der Waals surface area contributed by atoms with Gasteiger partial charge in [0.25, 0.3) is 5.91 Å². The Kier molecular flexibility index (Phi) is 7.32. The van der Waals surface area contributed by atoms with Gasteiger partial charge in [-0.05, 0) is 36.4 Å². The van der Waals surface area contributed by atoms with Gasteiger partial charge in [0.05, 0.1) is 23.0 Å². The number of nitrogens with zero attached hydrogens (tertiary/aromatic N) is 2. The molecule has 2 N–H and O–H groups in total. The van der Waals surface area contributed by atoms with Crippen molar-refractivity contribution >= 4 is 58.1 Å². The molecular weight excluding hydrogens is 467 g/mol. The van der Waals surface area contributed by atoms with Crippen molar-refractivity contribution in [3.63, 3.8) is 0 Å². The molecule has 0 aliphatic heterocycles. The Labute approximate surface area is 199 Å². The number of aromatic nitrogens is 2. The van der Waals surface area contributed by atoms with Gasteiger partial charge in [-0.25, -0.2) is 10.4 Å². The Bertz CT molecular complexity index is 1240. The van der Waals surface area contributed by atoms with Crippen LogP contribution < -0.4 is 10.2 Å². The van der Waals surface area contributed by atoms with Gasteiger partial charge >= 0.3 is 0 Å². The molecule has 0 atom stereocenters. The predicted octanol–water partition coefficient (Wildman–Crippen LogP) is 5.69. The number of hydrogen-bond acceptors (Lipinski definition) is 5. The summed E-state index contributed by atoms with van der Waals surface area (Å²) in [5.74, 6) is 0.566. The molecule has 4 rings (SSSR count). The molecule has 0 spiro atoms. The van der Waals surface area contributed by atoms with Crippen LogP contribution in [0.4, 0.5) is 0 Å². The third-order valence-electron chi connectivity index (χ3n) is 4.42. The number of carbonyl (C=O) groups excluding carboxylic acids is 1. The molecule has 0 saturated heterocycles. The lowest BCUT2D eigenvalue weighted by Crippen LogP contribution is -2.19. The summed E-state index contributed by atoms with van der Waals surface area (Å²) in [6.45, 7) is 0.279. The minimum atomic E-state index is -0.238. The number of carbonyl (C=O) groups is 1. The number of para-hydroxylation sites is 3. The summed E-state index contributed by atoms with van der Waals surface area (Å²) in [5.41, 5.74) is 5.87. The first kappa shape index (κ1) is 22.2. The normalized spacial score (nSPS) is 11.2. The number of fused-ring (bicyclic) bond motifs is 1. The highest BCUT2D eigenvalue weighted by Gasteiger charge is 2.07. The van der Waals surface area contributed by atoms with Crippen molar-refractivity contribution in [1.82, 2.24) is 15.4 Å². The first-order valence-corrected chi connectivity index (χ1v) is 11.4. The molecule has 1 amide bonds. The number of imidazole rings is 1. The van der Waals surface area contributed by atoms with Crippen LogP contribution in [0, 0.1) is 0 Å². The molecule has 4 aromatic rings. The number of amides is 1. The molecule has 1 aromatic heterocycles. The monoisotopic (exact) mass is 484 g/mol. The first-order valence-electron chi connectivity index (χ1n) is 9.64. The fourth-order valence-electron chi connectivity index (χ4n) is 2.85. The summed E-state index contributed by atoms with van der Waals surface area (Å²) >= 11 is 13.5. The fourth-order valence-corrected chi connectivity index (χ4v) is 3.99. The van der Waals surface area contributed by atoms with E-state index in [1.807, 2.05) is 54.6 Å². The highest BCUT2D eigenvalue weighted by molar-refractivity contribution is 7.99. The van der Waals surface area contributed by atoms with Gasteiger partial charge in [0, 0.05) is 21.2 Å². The Morgan fingerprint density at radius 2 is 1.94 bits per heavy atom. The number of benzene rings is 3. The summed E-state index contributed by atoms with van der Waals surface area (Å²) in [7, 11) is 0. The summed E-state index contributed by atoms with van der Waals surface area (Å²) in [6, 6.07) is 20.4. The van der Waals surface area contributed by atoms with Crippen molar-refractivity contribution in [1.29, 1.82) is 0 Å². The topological polar surface area (TPSA) is 79.4 Å². The van der Waals surface area contributed by atoms with Crippen molar-refractivity contribution in [3.8, 4) is 5.75 Å². The molecule has 0 unspecified atom stereocenters. The van der Waals surface area contributed by atoms with E-state index in [9.17, 15) is 4.79 Å². The van der Waals surface area contributed by atoms with Crippen molar-refractivity contribution < 1.29 is 9.53 Å². The van der Waals surface area contributed by atoms with Crippen LogP contribution >= 0.6 is 35.0 Å². The second kappa shape index (κ2) is 10.5. The Hall–Kier alpha value is -3.00. The van der Waals surface area contributed by atoms with Crippen LogP contribution in [0.3, 0.4) is 0 Å². The van der Waals surface area contributed by atoms with E-state index in [-0.39, 0.29) is 18.3 Å². The van der Waals surface area contributed by atoms with E-state index in [4.69, 9.17) is 27.9 Å². The number of rotatable bonds is 8. The van der Waals surface area contributed by atoms with Crippen molar-refractivity contribution in [2.45, 2.75) is 11.8 Å². The molecule has 0 bridgehead atoms. The first-order chi connectivity index (χ1) is 15.6. The quantitative estimate of drug-likeness (QED) is 0.191. The number of nitrogens with one attached hydrogen (secondary N) is 2. The molecule has 32 heavy (non-hydrogen) atoms. The molecular formula is C23H18Cl2N4O2S. The third-order valence-corrected chi connectivity index (χ3v) is 5.88. The maximum absolute atomic E-state index is 12.1. The second-order valence-corrected chi connectivity index (χ2v) is 8.51. The predicted molar refractivity (Wildman–Crippen MR) is 130 cm³/mol. The summed E-state index contributed by atoms with van der Waals surface area (Å²) < 4.78 is 5.89. The number of thioether (sulfide) groups is 1. The van der Waals surface area contributed by atoms with Gasteiger partial charge in [0.2, 0.25) is 0 Å². The SMILES string of the molecule is O=C(CSc1nc2ccccc2[nH]1)N/N=C/c1ccccc1OCc1ccc(Cl)cc1Cl. The van der Waals surface area contributed by atoms with Crippen LogP contribution in [0.15, 0.2) is 77.0 Å². The largest absolute Gasteiger partial charge is 0.488 e. The van der Waals surface area contributed by atoms with Gasteiger partial charge in [0.15, 0.2) is 5.16 Å². The fraction of sp³-hybridized carbons (Fsp3) is 0.0870. The zero-order valence-electron chi connectivity index (χ0n) is 16.7. The lowest BCUT2D eigenvalue weighted by atomic mass is 10.2. The van der Waals surface area contributed by atoms with E-state index in [2.05, 4.69) is 20.5 Å². The van der Waals surface area contributed by atoms with E-state index < -0.39 is 0 Å². The van der Waals surface area contributed by atoms with Crippen molar-refractivity contribution in [2.24, 2.45) is 5.10 Å². The molecule has 3 aromatic carbocycles. The van der Waals surface area contributed by atoms with Crippen LogP contribution in [0.5, 0.6) is 5.75 Å². The Morgan fingerprint density at radius 3 is 2.78 bits per heavy atom. The number of hydrogen-bond donors (Lipinski definition) is 2. The van der Waals surface area contributed by atoms with Gasteiger partial charge in [-0.3, -0.25) is 4.79 Å². The zero-order chi connectivity index (χ0) is 22.3.